The minimum absolute atomic E-state index is 0.0599. The summed E-state index contributed by atoms with van der Waals surface area (Å²) < 4.78 is 20.7. The molecule has 1 amide bonds. The third-order valence-electron chi connectivity index (χ3n) is 14.0. The number of hydrogen-bond donors (Lipinski definition) is 7. The highest BCUT2D eigenvalue weighted by Gasteiger charge is 2.65. The number of amides is 1. The van der Waals surface area contributed by atoms with Gasteiger partial charge in [0.15, 0.2) is 0 Å². The Balaban J connectivity index is 0.893. The topological polar surface area (TPSA) is 175 Å². The van der Waals surface area contributed by atoms with Gasteiger partial charge in [-0.05, 0) is 98.9 Å². The number of rotatable bonds is 15. The Morgan fingerprint density at radius 2 is 1.61 bits per heavy atom. The summed E-state index contributed by atoms with van der Waals surface area (Å²) in [7, 11) is 0. The number of benzene rings is 1. The molecule has 7 N–H and O–H groups in total. The van der Waals surface area contributed by atoms with E-state index < -0.39 is 42.8 Å². The summed E-state index contributed by atoms with van der Waals surface area (Å²) in [5, 5.41) is 55.2. The van der Waals surface area contributed by atoms with Gasteiger partial charge in [-0.1, -0.05) is 51.0 Å². The van der Waals surface area contributed by atoms with Gasteiger partial charge in [-0.3, -0.25) is 15.0 Å². The molecule has 4 unspecified atom stereocenters. The van der Waals surface area contributed by atoms with Crippen molar-refractivity contribution in [2.24, 2.45) is 29.1 Å². The van der Waals surface area contributed by atoms with Crippen LogP contribution in [0.15, 0.2) is 18.2 Å². The van der Waals surface area contributed by atoms with Crippen molar-refractivity contribution < 1.29 is 44.2 Å². The van der Waals surface area contributed by atoms with Gasteiger partial charge in [0.25, 0.3) is 0 Å². The van der Waals surface area contributed by atoms with E-state index in [4.69, 9.17) is 21.4 Å². The number of fused-ring (bicyclic) bond motifs is 3. The Hall–Kier alpha value is -1.94. The Kier molecular flexibility index (Phi) is 16.5. The van der Waals surface area contributed by atoms with Crippen LogP contribution >= 0.6 is 11.6 Å². The normalized spacial score (nSPS) is 28.6. The van der Waals surface area contributed by atoms with E-state index in [0.29, 0.717) is 43.1 Å². The molecule has 0 bridgehead atoms. The maximum Gasteiger partial charge on any atom is 0.338 e. The molecular weight excluding hydrogens is 755 g/mol. The maximum absolute atomic E-state index is 15.1. The minimum Gasteiger partial charge on any atom is -0.462 e. The maximum atomic E-state index is 15.1. The molecule has 3 saturated heterocycles. The second-order valence-corrected chi connectivity index (χ2v) is 18.5. The van der Waals surface area contributed by atoms with E-state index in [0.717, 1.165) is 57.3 Å². The summed E-state index contributed by atoms with van der Waals surface area (Å²) in [6.45, 7) is 3.72. The molecule has 1 spiro atoms. The van der Waals surface area contributed by atoms with E-state index in [9.17, 15) is 30.0 Å². The van der Waals surface area contributed by atoms with Crippen molar-refractivity contribution in [1.82, 2.24) is 20.4 Å². The first-order valence-corrected chi connectivity index (χ1v) is 22.3. The largest absolute Gasteiger partial charge is 0.462 e. The van der Waals surface area contributed by atoms with Crippen LogP contribution in [0.4, 0.5) is 4.39 Å². The summed E-state index contributed by atoms with van der Waals surface area (Å²) in [4.78, 5) is 30.0. The Morgan fingerprint density at radius 3 is 2.30 bits per heavy atom. The van der Waals surface area contributed by atoms with E-state index in [2.05, 4.69) is 15.5 Å². The van der Waals surface area contributed by atoms with E-state index in [1.54, 1.807) is 4.90 Å². The average Bonchev–Trinajstić information content (AvgIpc) is 3.74. The third-order valence-corrected chi connectivity index (χ3v) is 14.4. The summed E-state index contributed by atoms with van der Waals surface area (Å²) >= 11 is 6.74. The molecule has 322 valence electrons. The van der Waals surface area contributed by atoms with Gasteiger partial charge in [-0.15, -0.1) is 11.6 Å². The summed E-state index contributed by atoms with van der Waals surface area (Å²) in [6, 6.07) is 4.13. The number of esters is 1. The fourth-order valence-corrected chi connectivity index (χ4v) is 10.7. The number of piperidine rings is 1. The second-order valence-electron chi connectivity index (χ2n) is 17.9. The molecule has 3 aliphatic heterocycles. The lowest BCUT2D eigenvalue weighted by molar-refractivity contribution is -0.136. The number of aliphatic hydroxyl groups is 5. The van der Waals surface area contributed by atoms with E-state index in [-0.39, 0.29) is 47.9 Å². The molecule has 57 heavy (non-hydrogen) atoms. The van der Waals surface area contributed by atoms with Crippen LogP contribution in [0, 0.1) is 34.9 Å². The molecule has 5 aliphatic rings. The molecule has 0 radical (unpaired) electrons. The molecule has 1 aromatic rings. The number of likely N-dealkylation sites (tertiary alicyclic amines) is 2. The van der Waals surface area contributed by atoms with Crippen LogP contribution in [-0.4, -0.2) is 142 Å². The van der Waals surface area contributed by atoms with Crippen molar-refractivity contribution in [1.29, 1.82) is 0 Å². The molecule has 3 heterocycles. The number of aliphatic hydroxyl groups excluding tert-OH is 5. The molecule has 2 aliphatic carbocycles. The number of ether oxygens (including phenoxy) is 1. The second kappa shape index (κ2) is 21.0. The van der Waals surface area contributed by atoms with Crippen LogP contribution in [0.5, 0.6) is 0 Å². The number of nitrogens with one attached hydrogen (secondary N) is 2. The van der Waals surface area contributed by atoms with Crippen LogP contribution in [0.1, 0.15) is 106 Å². The zero-order chi connectivity index (χ0) is 40.5. The Bertz CT molecular complexity index is 1440. The smallest absolute Gasteiger partial charge is 0.338 e. The lowest BCUT2D eigenvalue weighted by Gasteiger charge is -2.40. The summed E-state index contributed by atoms with van der Waals surface area (Å²) in [5.74, 6) is 0.648. The first-order chi connectivity index (χ1) is 27.5. The van der Waals surface area contributed by atoms with Gasteiger partial charge in [-0.25, -0.2) is 9.18 Å². The number of carbonyl (C=O) groups excluding carboxylic acids is 2. The molecule has 1 aromatic carbocycles. The number of carbonyl (C=O) groups is 2. The molecule has 5 fully saturated rings. The summed E-state index contributed by atoms with van der Waals surface area (Å²) in [5.41, 5.74) is 0.828. The Labute approximate surface area is 342 Å². The van der Waals surface area contributed by atoms with E-state index >= 15 is 4.39 Å². The van der Waals surface area contributed by atoms with Crippen molar-refractivity contribution in [3.05, 3.63) is 35.1 Å². The van der Waals surface area contributed by atoms with Gasteiger partial charge in [-0.2, -0.15) is 0 Å². The number of halogens is 2. The van der Waals surface area contributed by atoms with Gasteiger partial charge in [0.05, 0.1) is 37.5 Å². The predicted octanol–water partition coefficient (Wildman–Crippen LogP) is 3.18. The van der Waals surface area contributed by atoms with Gasteiger partial charge in [0.2, 0.25) is 5.91 Å². The van der Waals surface area contributed by atoms with Crippen LogP contribution < -0.4 is 10.6 Å². The first kappa shape index (κ1) is 44.6. The van der Waals surface area contributed by atoms with Crippen molar-refractivity contribution in [3.63, 3.8) is 0 Å². The average molecular weight is 823 g/mol. The zero-order valence-corrected chi connectivity index (χ0v) is 34.3. The first-order valence-electron chi connectivity index (χ1n) is 21.9. The third kappa shape index (κ3) is 11.5. The number of nitrogens with zero attached hydrogens (tertiary/aromatic N) is 2. The fraction of sp³-hybridized carbons (Fsp3) is 0.814. The number of alkyl halides is 1. The molecular formula is C43H68ClFN4O8. The van der Waals surface area contributed by atoms with Crippen molar-refractivity contribution >= 4 is 23.5 Å². The zero-order valence-electron chi connectivity index (χ0n) is 33.6. The predicted molar refractivity (Wildman–Crippen MR) is 215 cm³/mol. The molecule has 6 rings (SSSR count). The van der Waals surface area contributed by atoms with Gasteiger partial charge in [0.1, 0.15) is 24.1 Å². The standard InChI is InChI=1S/C43H68ClFN4O8/c44-32-8-7-9-33-38(43(33)15-5-3-1-2-4-6-16-43)41(47-23-32)48-17-12-28(13-18-48)14-19-57-42(56)31-11-10-30(34(45)20-31)21-37(53)49-25-29(26-49)22-46-24-35(51)39(54)40(55)36(52)27-50/h10-11,20,28-29,32-33,35-36,38-41,46-47,50-52,54-55H,1-9,12-19,21-27H2/t32?,33?,35-,36+,38?,39+,40+,41?/m0/s1. The van der Waals surface area contributed by atoms with E-state index in [1.165, 1.54) is 76.3 Å². The Morgan fingerprint density at radius 1 is 0.930 bits per heavy atom. The van der Waals surface area contributed by atoms with Crippen LogP contribution in [0.25, 0.3) is 0 Å². The van der Waals surface area contributed by atoms with Gasteiger partial charge >= 0.3 is 5.97 Å². The SMILES string of the molecule is O=C(OCCC1CCN(C2NCC(Cl)CCCC3C2C32CCCCCCCC2)CC1)c1ccc(CC(=O)N2CC(CNC[C@H](O)[C@@H](O)[C@H](O)[C@H](O)CO)C2)c(F)c1. The molecule has 14 heteroatoms. The monoisotopic (exact) mass is 822 g/mol. The molecule has 8 atom stereocenters. The quantitative estimate of drug-likeness (QED) is 0.102. The van der Waals surface area contributed by atoms with Crippen LogP contribution in [0.3, 0.4) is 0 Å². The molecule has 12 nitrogen and oxygen atoms in total. The molecule has 2 saturated carbocycles. The van der Waals surface area contributed by atoms with Crippen LogP contribution in [-0.2, 0) is 16.0 Å². The highest BCUT2D eigenvalue weighted by molar-refractivity contribution is 6.20. The fourth-order valence-electron chi connectivity index (χ4n) is 10.5. The highest BCUT2D eigenvalue weighted by Crippen LogP contribution is 2.68. The van der Waals surface area contributed by atoms with Gasteiger partial charge in [0, 0.05) is 44.0 Å². The van der Waals surface area contributed by atoms with Crippen LogP contribution in [0.2, 0.25) is 0 Å². The van der Waals surface area contributed by atoms with E-state index in [1.807, 2.05) is 0 Å². The lowest BCUT2D eigenvalue weighted by Crippen LogP contribution is -2.55. The minimum atomic E-state index is -1.69. The number of hydrogen-bond acceptors (Lipinski definition) is 11. The molecule has 0 aromatic heterocycles. The highest BCUT2D eigenvalue weighted by atomic mass is 35.5. The van der Waals surface area contributed by atoms with Crippen molar-refractivity contribution in [2.75, 3.05) is 59.0 Å². The lowest BCUT2D eigenvalue weighted by atomic mass is 9.87. The summed E-state index contributed by atoms with van der Waals surface area (Å²) in [6.07, 6.45) is 11.6. The van der Waals surface area contributed by atoms with Crippen molar-refractivity contribution in [2.45, 2.75) is 132 Å². The van der Waals surface area contributed by atoms with Crippen molar-refractivity contribution in [3.8, 4) is 0 Å². The van der Waals surface area contributed by atoms with Gasteiger partial charge < -0.3 is 40.5 Å².